The molecule has 3 nitrogen and oxygen atoms in total. The molecule has 1 aliphatic rings. The molecule has 58 valence electrons. The van der Waals surface area contributed by atoms with Crippen LogP contribution in [0.5, 0.6) is 0 Å². The highest BCUT2D eigenvalue weighted by atomic mass is 19.1. The highest BCUT2D eigenvalue weighted by molar-refractivity contribution is 5.70. The van der Waals surface area contributed by atoms with Gasteiger partial charge in [-0.3, -0.25) is 4.79 Å². The fourth-order valence-electron chi connectivity index (χ4n) is 1.17. The summed E-state index contributed by atoms with van der Waals surface area (Å²) in [5, 5.41) is 17.1. The minimum absolute atomic E-state index is 0.0451. The molecule has 0 heterocycles. The van der Waals surface area contributed by atoms with Gasteiger partial charge in [0, 0.05) is 0 Å². The third kappa shape index (κ3) is 1.26. The van der Waals surface area contributed by atoms with E-state index >= 15 is 0 Å². The quantitative estimate of drug-likeness (QED) is 0.557. The van der Waals surface area contributed by atoms with Crippen molar-refractivity contribution in [3.05, 3.63) is 0 Å². The second-order valence-corrected chi connectivity index (χ2v) is 2.59. The Labute approximate surface area is 57.5 Å². The van der Waals surface area contributed by atoms with Crippen LogP contribution in [0.2, 0.25) is 0 Å². The smallest absolute Gasteiger partial charge is 0.306 e. The summed E-state index contributed by atoms with van der Waals surface area (Å²) in [6.45, 7) is 0. The van der Waals surface area contributed by atoms with E-state index in [0.29, 0.717) is 0 Å². The molecule has 0 radical (unpaired) electrons. The molecule has 0 aliphatic heterocycles. The van der Waals surface area contributed by atoms with Crippen LogP contribution < -0.4 is 0 Å². The van der Waals surface area contributed by atoms with Gasteiger partial charge in [0.2, 0.25) is 0 Å². The Morgan fingerprint density at radius 3 is 2.30 bits per heavy atom. The van der Waals surface area contributed by atoms with Gasteiger partial charge in [-0.15, -0.1) is 0 Å². The number of hydrogen-bond donors (Lipinski definition) is 2. The van der Waals surface area contributed by atoms with E-state index in [9.17, 15) is 9.18 Å². The fourth-order valence-corrected chi connectivity index (χ4v) is 1.17. The molecule has 0 aromatic carbocycles. The Balaban J connectivity index is 2.49. The minimum Gasteiger partial charge on any atom is -0.481 e. The van der Waals surface area contributed by atoms with Gasteiger partial charge in [0.1, 0.15) is 6.17 Å². The van der Waals surface area contributed by atoms with Crippen molar-refractivity contribution in [2.45, 2.75) is 25.1 Å². The molecule has 0 amide bonds. The average molecular weight is 148 g/mol. The van der Waals surface area contributed by atoms with Gasteiger partial charge in [0.05, 0.1) is 12.0 Å². The first-order chi connectivity index (χ1) is 4.61. The number of carboxylic acids is 1. The molecule has 1 aliphatic carbocycles. The van der Waals surface area contributed by atoms with Gasteiger partial charge in [-0.1, -0.05) is 0 Å². The Morgan fingerprint density at radius 1 is 1.50 bits per heavy atom. The van der Waals surface area contributed by atoms with Crippen molar-refractivity contribution in [3.8, 4) is 0 Å². The number of aliphatic hydroxyl groups excluding tert-OH is 1. The maximum absolute atomic E-state index is 12.4. The molecule has 3 atom stereocenters. The molecule has 4 heteroatoms. The van der Waals surface area contributed by atoms with E-state index in [-0.39, 0.29) is 12.8 Å². The second kappa shape index (κ2) is 2.54. The van der Waals surface area contributed by atoms with Crippen LogP contribution in [0, 0.1) is 5.92 Å². The number of alkyl halides is 1. The summed E-state index contributed by atoms with van der Waals surface area (Å²) >= 11 is 0. The van der Waals surface area contributed by atoms with Crippen molar-refractivity contribution in [2.75, 3.05) is 0 Å². The van der Waals surface area contributed by atoms with E-state index in [1.807, 2.05) is 0 Å². The summed E-state index contributed by atoms with van der Waals surface area (Å²) in [5.41, 5.74) is 0. The van der Waals surface area contributed by atoms with Gasteiger partial charge in [-0.05, 0) is 12.8 Å². The van der Waals surface area contributed by atoms with E-state index in [1.165, 1.54) is 0 Å². The van der Waals surface area contributed by atoms with Crippen LogP contribution in [-0.4, -0.2) is 28.5 Å². The van der Waals surface area contributed by atoms with Crippen molar-refractivity contribution in [1.29, 1.82) is 0 Å². The lowest BCUT2D eigenvalue weighted by molar-refractivity contribution is -0.141. The predicted molar refractivity (Wildman–Crippen MR) is 31.3 cm³/mol. The van der Waals surface area contributed by atoms with E-state index < -0.39 is 24.2 Å². The molecular formula is C6H9FO3. The van der Waals surface area contributed by atoms with Gasteiger partial charge in [0.25, 0.3) is 0 Å². The summed E-state index contributed by atoms with van der Waals surface area (Å²) in [4.78, 5) is 10.2. The van der Waals surface area contributed by atoms with E-state index in [4.69, 9.17) is 10.2 Å². The second-order valence-electron chi connectivity index (χ2n) is 2.59. The largest absolute Gasteiger partial charge is 0.481 e. The molecule has 1 rings (SSSR count). The van der Waals surface area contributed by atoms with Gasteiger partial charge in [0.15, 0.2) is 0 Å². The van der Waals surface area contributed by atoms with Crippen LogP contribution in [0.1, 0.15) is 12.8 Å². The number of halogens is 1. The fraction of sp³-hybridized carbons (Fsp3) is 0.833. The SMILES string of the molecule is O=C(O)[C@H]1CC(O)C(F)C1. The van der Waals surface area contributed by atoms with Crippen molar-refractivity contribution in [1.82, 2.24) is 0 Å². The maximum atomic E-state index is 12.4. The van der Waals surface area contributed by atoms with E-state index in [2.05, 4.69) is 0 Å². The van der Waals surface area contributed by atoms with Crippen molar-refractivity contribution in [2.24, 2.45) is 5.92 Å². The molecule has 1 saturated carbocycles. The first kappa shape index (κ1) is 7.47. The van der Waals surface area contributed by atoms with Crippen LogP contribution >= 0.6 is 0 Å². The summed E-state index contributed by atoms with van der Waals surface area (Å²) < 4.78 is 12.4. The van der Waals surface area contributed by atoms with Crippen molar-refractivity contribution >= 4 is 5.97 Å². The first-order valence-electron chi connectivity index (χ1n) is 3.16. The van der Waals surface area contributed by atoms with Gasteiger partial charge >= 0.3 is 5.97 Å². The molecule has 0 bridgehead atoms. The van der Waals surface area contributed by atoms with Crippen LogP contribution in [0.25, 0.3) is 0 Å². The Kier molecular flexibility index (Phi) is 1.89. The monoisotopic (exact) mass is 148 g/mol. The van der Waals surface area contributed by atoms with Crippen LogP contribution in [0.15, 0.2) is 0 Å². The highest BCUT2D eigenvalue weighted by Gasteiger charge is 2.36. The zero-order valence-corrected chi connectivity index (χ0v) is 5.33. The predicted octanol–water partition coefficient (Wildman–Crippen LogP) is 0.180. The molecule has 1 fully saturated rings. The molecule has 0 aromatic heterocycles. The van der Waals surface area contributed by atoms with Crippen LogP contribution in [0.3, 0.4) is 0 Å². The number of aliphatic carboxylic acids is 1. The third-order valence-electron chi connectivity index (χ3n) is 1.80. The summed E-state index contributed by atoms with van der Waals surface area (Å²) in [6.07, 6.45) is -2.41. The molecular weight excluding hydrogens is 139 g/mol. The molecule has 0 saturated heterocycles. The number of aliphatic hydroxyl groups is 1. The minimum atomic E-state index is -1.35. The lowest BCUT2D eigenvalue weighted by Gasteiger charge is -2.00. The molecule has 2 N–H and O–H groups in total. The van der Waals surface area contributed by atoms with Gasteiger partial charge in [-0.25, -0.2) is 4.39 Å². The lowest BCUT2D eigenvalue weighted by atomic mass is 10.1. The summed E-state index contributed by atoms with van der Waals surface area (Å²) in [6, 6.07) is 0. The Bertz CT molecular complexity index is 138. The topological polar surface area (TPSA) is 57.5 Å². The normalized spacial score (nSPS) is 40.0. The van der Waals surface area contributed by atoms with Crippen LogP contribution in [-0.2, 0) is 4.79 Å². The Morgan fingerprint density at radius 2 is 2.10 bits per heavy atom. The highest BCUT2D eigenvalue weighted by Crippen LogP contribution is 2.28. The van der Waals surface area contributed by atoms with Crippen molar-refractivity contribution < 1.29 is 19.4 Å². The summed E-state index contributed by atoms with van der Waals surface area (Å²) in [7, 11) is 0. The standard InChI is InChI=1S/C6H9FO3/c7-4-1-3(6(9)10)2-5(4)8/h3-5,8H,1-2H2,(H,9,10)/t3-,4?,5?/m1/s1. The maximum Gasteiger partial charge on any atom is 0.306 e. The summed E-state index contributed by atoms with van der Waals surface area (Å²) in [5.74, 6) is -1.70. The zero-order valence-electron chi connectivity index (χ0n) is 5.33. The van der Waals surface area contributed by atoms with E-state index in [1.54, 1.807) is 0 Å². The number of carbonyl (C=O) groups is 1. The molecule has 0 spiro atoms. The van der Waals surface area contributed by atoms with E-state index in [0.717, 1.165) is 0 Å². The molecule has 0 aromatic rings. The molecule has 10 heavy (non-hydrogen) atoms. The van der Waals surface area contributed by atoms with Crippen LogP contribution in [0.4, 0.5) is 4.39 Å². The Hall–Kier alpha value is -0.640. The van der Waals surface area contributed by atoms with Crippen molar-refractivity contribution in [3.63, 3.8) is 0 Å². The average Bonchev–Trinajstić information content (AvgIpc) is 2.13. The van der Waals surface area contributed by atoms with Gasteiger partial charge < -0.3 is 10.2 Å². The molecule has 2 unspecified atom stereocenters. The third-order valence-corrected chi connectivity index (χ3v) is 1.80. The first-order valence-corrected chi connectivity index (χ1v) is 3.16. The number of carboxylic acid groups (broad SMARTS) is 1. The van der Waals surface area contributed by atoms with Gasteiger partial charge in [-0.2, -0.15) is 0 Å². The zero-order chi connectivity index (χ0) is 7.72. The number of rotatable bonds is 1. The number of hydrogen-bond acceptors (Lipinski definition) is 2. The lowest BCUT2D eigenvalue weighted by Crippen LogP contribution is -2.12.